The number of likely N-dealkylation sites (N-methyl/N-ethyl adjacent to an activating group) is 1. The van der Waals surface area contributed by atoms with Crippen LogP contribution in [0.2, 0.25) is 0 Å². The van der Waals surface area contributed by atoms with E-state index in [1.807, 2.05) is 14.1 Å². The summed E-state index contributed by atoms with van der Waals surface area (Å²) in [6.45, 7) is 6.15. The Balaban J connectivity index is 2.54. The minimum Gasteiger partial charge on any atom is -0.376 e. The maximum atomic E-state index is 11.8. The molecule has 0 atom stereocenters. The quantitative estimate of drug-likeness (QED) is 0.763. The monoisotopic (exact) mass is 277 g/mol. The molecule has 1 amide bonds. The van der Waals surface area contributed by atoms with Crippen molar-refractivity contribution in [2.24, 2.45) is 0 Å². The minimum absolute atomic E-state index is 0.0415. The first-order valence-electron chi connectivity index (χ1n) is 7.34. The summed E-state index contributed by atoms with van der Waals surface area (Å²) in [4.78, 5) is 13.9. The number of aryl methyl sites for hydroxylation is 2. The van der Waals surface area contributed by atoms with E-state index >= 15 is 0 Å². The Labute approximate surface area is 122 Å². The van der Waals surface area contributed by atoms with E-state index in [9.17, 15) is 4.79 Å². The molecule has 0 aromatic heterocycles. The van der Waals surface area contributed by atoms with E-state index in [1.54, 1.807) is 0 Å². The Morgan fingerprint density at radius 2 is 1.75 bits per heavy atom. The average molecular weight is 277 g/mol. The van der Waals surface area contributed by atoms with Gasteiger partial charge in [0.15, 0.2) is 0 Å². The average Bonchev–Trinajstić information content (AvgIpc) is 2.44. The van der Waals surface area contributed by atoms with Gasteiger partial charge in [0.2, 0.25) is 5.91 Å². The third kappa shape index (κ3) is 5.21. The molecule has 0 unspecified atom stereocenters. The van der Waals surface area contributed by atoms with Gasteiger partial charge in [0.25, 0.3) is 0 Å². The van der Waals surface area contributed by atoms with Crippen LogP contribution in [0.3, 0.4) is 0 Å². The first-order chi connectivity index (χ1) is 9.58. The molecule has 112 valence electrons. The standard InChI is InChI=1S/C16H27N3O/c1-5-13-8-7-9-14(6-2)16(13)18-12-15(20)17-10-11-19(3)4/h7-9,18H,5-6,10-12H2,1-4H3,(H,17,20). The molecule has 2 N–H and O–H groups in total. The molecule has 0 saturated heterocycles. The number of carbonyl (C=O) groups excluding carboxylic acids is 1. The Kier molecular flexibility index (Phi) is 7.09. The molecule has 0 aliphatic rings. The van der Waals surface area contributed by atoms with Gasteiger partial charge in [0, 0.05) is 18.8 Å². The summed E-state index contributed by atoms with van der Waals surface area (Å²) >= 11 is 0. The SMILES string of the molecule is CCc1cccc(CC)c1NCC(=O)NCCN(C)C. The van der Waals surface area contributed by atoms with Crippen molar-refractivity contribution in [1.82, 2.24) is 10.2 Å². The van der Waals surface area contributed by atoms with Gasteiger partial charge in [-0.05, 0) is 38.1 Å². The number of carbonyl (C=O) groups is 1. The second-order valence-electron chi connectivity index (χ2n) is 5.17. The van der Waals surface area contributed by atoms with Crippen LogP contribution in [-0.2, 0) is 17.6 Å². The molecule has 20 heavy (non-hydrogen) atoms. The number of hydrogen-bond donors (Lipinski definition) is 2. The highest BCUT2D eigenvalue weighted by Gasteiger charge is 2.07. The maximum Gasteiger partial charge on any atom is 0.239 e. The van der Waals surface area contributed by atoms with Gasteiger partial charge >= 0.3 is 0 Å². The summed E-state index contributed by atoms with van der Waals surface area (Å²) < 4.78 is 0. The maximum absolute atomic E-state index is 11.8. The molecule has 0 spiro atoms. The molecule has 1 rings (SSSR count). The molecule has 1 aromatic carbocycles. The van der Waals surface area contributed by atoms with Crippen LogP contribution in [0.1, 0.15) is 25.0 Å². The lowest BCUT2D eigenvalue weighted by Gasteiger charge is -2.16. The van der Waals surface area contributed by atoms with Crippen LogP contribution in [0.25, 0.3) is 0 Å². The van der Waals surface area contributed by atoms with E-state index in [2.05, 4.69) is 47.6 Å². The van der Waals surface area contributed by atoms with Gasteiger partial charge in [-0.3, -0.25) is 4.79 Å². The highest BCUT2D eigenvalue weighted by Crippen LogP contribution is 2.22. The Hall–Kier alpha value is -1.55. The molecule has 4 heteroatoms. The van der Waals surface area contributed by atoms with Gasteiger partial charge in [-0.25, -0.2) is 0 Å². The molecule has 0 saturated carbocycles. The highest BCUT2D eigenvalue weighted by atomic mass is 16.1. The smallest absolute Gasteiger partial charge is 0.239 e. The summed E-state index contributed by atoms with van der Waals surface area (Å²) in [7, 11) is 3.99. The molecule has 0 radical (unpaired) electrons. The van der Waals surface area contributed by atoms with Crippen molar-refractivity contribution < 1.29 is 4.79 Å². The minimum atomic E-state index is 0.0415. The van der Waals surface area contributed by atoms with E-state index in [1.165, 1.54) is 11.1 Å². The lowest BCUT2D eigenvalue weighted by atomic mass is 10.0. The van der Waals surface area contributed by atoms with Crippen LogP contribution in [0.15, 0.2) is 18.2 Å². The Bertz CT molecular complexity index is 407. The van der Waals surface area contributed by atoms with Crippen LogP contribution in [0.5, 0.6) is 0 Å². The number of nitrogens with one attached hydrogen (secondary N) is 2. The molecule has 1 aromatic rings. The lowest BCUT2D eigenvalue weighted by Crippen LogP contribution is -2.35. The van der Waals surface area contributed by atoms with Crippen molar-refractivity contribution >= 4 is 11.6 Å². The van der Waals surface area contributed by atoms with Crippen molar-refractivity contribution in [3.8, 4) is 0 Å². The number of para-hydroxylation sites is 1. The number of amides is 1. The van der Waals surface area contributed by atoms with E-state index < -0.39 is 0 Å². The topological polar surface area (TPSA) is 44.4 Å². The predicted molar refractivity (Wildman–Crippen MR) is 85.3 cm³/mol. The second kappa shape index (κ2) is 8.59. The summed E-state index contributed by atoms with van der Waals surface area (Å²) in [5, 5.41) is 6.21. The molecule has 0 bridgehead atoms. The van der Waals surface area contributed by atoms with Gasteiger partial charge in [0.05, 0.1) is 6.54 Å². The van der Waals surface area contributed by atoms with Crippen molar-refractivity contribution in [2.45, 2.75) is 26.7 Å². The van der Waals surface area contributed by atoms with Crippen LogP contribution in [0.4, 0.5) is 5.69 Å². The van der Waals surface area contributed by atoms with Crippen LogP contribution >= 0.6 is 0 Å². The van der Waals surface area contributed by atoms with Crippen LogP contribution in [0, 0.1) is 0 Å². The summed E-state index contributed by atoms with van der Waals surface area (Å²) in [5.41, 5.74) is 3.66. The van der Waals surface area contributed by atoms with Crippen LogP contribution < -0.4 is 10.6 Å². The third-order valence-corrected chi connectivity index (χ3v) is 3.31. The number of rotatable bonds is 8. The molecular formula is C16H27N3O. The first-order valence-corrected chi connectivity index (χ1v) is 7.34. The predicted octanol–water partition coefficient (Wildman–Crippen LogP) is 1.90. The number of benzene rings is 1. The van der Waals surface area contributed by atoms with Crippen molar-refractivity contribution in [3.63, 3.8) is 0 Å². The van der Waals surface area contributed by atoms with E-state index in [0.29, 0.717) is 13.1 Å². The molecule has 0 aliphatic carbocycles. The Morgan fingerprint density at radius 3 is 2.25 bits per heavy atom. The fourth-order valence-electron chi connectivity index (χ4n) is 2.12. The Morgan fingerprint density at radius 1 is 1.15 bits per heavy atom. The molecule has 0 heterocycles. The number of hydrogen-bond acceptors (Lipinski definition) is 3. The summed E-state index contributed by atoms with van der Waals surface area (Å²) in [5.74, 6) is 0.0415. The molecule has 0 fully saturated rings. The van der Waals surface area contributed by atoms with Gasteiger partial charge < -0.3 is 15.5 Å². The second-order valence-corrected chi connectivity index (χ2v) is 5.17. The molecule has 0 aliphatic heterocycles. The zero-order chi connectivity index (χ0) is 15.0. The van der Waals surface area contributed by atoms with Gasteiger partial charge in [-0.2, -0.15) is 0 Å². The van der Waals surface area contributed by atoms with Crippen molar-refractivity contribution in [1.29, 1.82) is 0 Å². The summed E-state index contributed by atoms with van der Waals surface area (Å²) in [6, 6.07) is 6.32. The number of anilines is 1. The molecular weight excluding hydrogens is 250 g/mol. The van der Waals surface area contributed by atoms with Gasteiger partial charge in [-0.1, -0.05) is 32.0 Å². The molecule has 4 nitrogen and oxygen atoms in total. The first kappa shape index (κ1) is 16.5. The zero-order valence-electron chi connectivity index (χ0n) is 13.1. The fraction of sp³-hybridized carbons (Fsp3) is 0.562. The lowest BCUT2D eigenvalue weighted by molar-refractivity contribution is -0.119. The third-order valence-electron chi connectivity index (χ3n) is 3.31. The van der Waals surface area contributed by atoms with Gasteiger partial charge in [0.1, 0.15) is 0 Å². The van der Waals surface area contributed by atoms with Crippen molar-refractivity contribution in [3.05, 3.63) is 29.3 Å². The van der Waals surface area contributed by atoms with E-state index in [0.717, 1.165) is 25.1 Å². The van der Waals surface area contributed by atoms with Crippen LogP contribution in [-0.4, -0.2) is 44.5 Å². The fourth-order valence-corrected chi connectivity index (χ4v) is 2.12. The van der Waals surface area contributed by atoms with E-state index in [4.69, 9.17) is 0 Å². The summed E-state index contributed by atoms with van der Waals surface area (Å²) in [6.07, 6.45) is 1.94. The van der Waals surface area contributed by atoms with E-state index in [-0.39, 0.29) is 5.91 Å². The normalized spacial score (nSPS) is 10.7. The van der Waals surface area contributed by atoms with Gasteiger partial charge in [-0.15, -0.1) is 0 Å². The van der Waals surface area contributed by atoms with Crippen molar-refractivity contribution in [2.75, 3.05) is 39.0 Å². The highest BCUT2D eigenvalue weighted by molar-refractivity contribution is 5.81. The zero-order valence-corrected chi connectivity index (χ0v) is 13.1. The largest absolute Gasteiger partial charge is 0.376 e. The number of nitrogens with zero attached hydrogens (tertiary/aromatic N) is 1.